The summed E-state index contributed by atoms with van der Waals surface area (Å²) in [5.74, 6) is 1.04. The third kappa shape index (κ3) is 4.80. The van der Waals surface area contributed by atoms with E-state index in [1.165, 1.54) is 5.56 Å². The standard InChI is InChI=1S/C17H28N2O/c1-17(2,3)12-15(18)8-9-19-10-11-20-16-7-5-4-6-14(16)13-19/h4-7,15H,8-13,18H2,1-3H3. The van der Waals surface area contributed by atoms with Gasteiger partial charge in [0.15, 0.2) is 0 Å². The van der Waals surface area contributed by atoms with Crippen LogP contribution >= 0.6 is 0 Å². The lowest BCUT2D eigenvalue weighted by Crippen LogP contribution is -2.33. The topological polar surface area (TPSA) is 38.5 Å². The van der Waals surface area contributed by atoms with E-state index in [4.69, 9.17) is 10.5 Å². The average Bonchev–Trinajstić information content (AvgIpc) is 2.56. The van der Waals surface area contributed by atoms with Crippen LogP contribution in [0.3, 0.4) is 0 Å². The van der Waals surface area contributed by atoms with Gasteiger partial charge in [0.25, 0.3) is 0 Å². The van der Waals surface area contributed by atoms with E-state index in [0.29, 0.717) is 5.41 Å². The number of para-hydroxylation sites is 1. The van der Waals surface area contributed by atoms with Crippen LogP contribution < -0.4 is 10.5 Å². The molecule has 0 aliphatic carbocycles. The monoisotopic (exact) mass is 276 g/mol. The zero-order valence-corrected chi connectivity index (χ0v) is 13.1. The first-order valence-corrected chi connectivity index (χ1v) is 7.63. The van der Waals surface area contributed by atoms with Crippen molar-refractivity contribution in [2.24, 2.45) is 11.1 Å². The molecule has 3 heteroatoms. The van der Waals surface area contributed by atoms with Gasteiger partial charge in [0.05, 0.1) is 0 Å². The molecule has 2 rings (SSSR count). The van der Waals surface area contributed by atoms with Gasteiger partial charge in [-0.05, 0) is 24.3 Å². The van der Waals surface area contributed by atoms with E-state index in [1.54, 1.807) is 0 Å². The molecule has 0 saturated heterocycles. The Balaban J connectivity index is 1.85. The van der Waals surface area contributed by atoms with Crippen molar-refractivity contribution in [2.75, 3.05) is 19.7 Å². The number of nitrogens with two attached hydrogens (primary N) is 1. The minimum atomic E-state index is 0.286. The minimum absolute atomic E-state index is 0.286. The molecular formula is C17H28N2O. The third-order valence-corrected chi connectivity index (χ3v) is 3.72. The molecule has 3 nitrogen and oxygen atoms in total. The summed E-state index contributed by atoms with van der Waals surface area (Å²) in [6, 6.07) is 8.62. The maximum atomic E-state index is 6.25. The van der Waals surface area contributed by atoms with Gasteiger partial charge in [0, 0.05) is 31.2 Å². The predicted molar refractivity (Wildman–Crippen MR) is 83.9 cm³/mol. The Morgan fingerprint density at radius 3 is 2.80 bits per heavy atom. The molecule has 0 radical (unpaired) electrons. The molecule has 1 unspecified atom stereocenters. The second kappa shape index (κ2) is 6.59. The van der Waals surface area contributed by atoms with Crippen LogP contribution in [0.25, 0.3) is 0 Å². The summed E-state index contributed by atoms with van der Waals surface area (Å²) in [5, 5.41) is 0. The number of ether oxygens (including phenoxy) is 1. The summed E-state index contributed by atoms with van der Waals surface area (Å²) in [7, 11) is 0. The number of fused-ring (bicyclic) bond motifs is 1. The highest BCUT2D eigenvalue weighted by atomic mass is 16.5. The quantitative estimate of drug-likeness (QED) is 0.918. The molecule has 0 spiro atoms. The van der Waals surface area contributed by atoms with Gasteiger partial charge < -0.3 is 10.5 Å². The van der Waals surface area contributed by atoms with Gasteiger partial charge in [-0.1, -0.05) is 39.0 Å². The van der Waals surface area contributed by atoms with Gasteiger partial charge in [-0.15, -0.1) is 0 Å². The summed E-state index contributed by atoms with van der Waals surface area (Å²) in [5.41, 5.74) is 7.85. The Hall–Kier alpha value is -1.06. The molecule has 1 atom stereocenters. The lowest BCUT2D eigenvalue weighted by atomic mass is 9.87. The Bertz CT molecular complexity index is 425. The van der Waals surface area contributed by atoms with E-state index in [9.17, 15) is 0 Å². The van der Waals surface area contributed by atoms with E-state index in [0.717, 1.165) is 44.8 Å². The van der Waals surface area contributed by atoms with Crippen LogP contribution in [-0.4, -0.2) is 30.6 Å². The fourth-order valence-electron chi connectivity index (χ4n) is 2.81. The van der Waals surface area contributed by atoms with Crippen molar-refractivity contribution in [1.82, 2.24) is 4.90 Å². The van der Waals surface area contributed by atoms with Gasteiger partial charge in [-0.3, -0.25) is 4.90 Å². The molecule has 2 N–H and O–H groups in total. The van der Waals surface area contributed by atoms with Crippen LogP contribution in [0.1, 0.15) is 39.2 Å². The van der Waals surface area contributed by atoms with Gasteiger partial charge in [0.1, 0.15) is 12.4 Å². The highest BCUT2D eigenvalue weighted by Gasteiger charge is 2.18. The first kappa shape index (κ1) is 15.3. The molecule has 0 aromatic heterocycles. The number of hydrogen-bond donors (Lipinski definition) is 1. The molecular weight excluding hydrogens is 248 g/mol. The normalized spacial score (nSPS) is 18.0. The van der Waals surface area contributed by atoms with Crippen molar-refractivity contribution >= 4 is 0 Å². The van der Waals surface area contributed by atoms with Crippen molar-refractivity contribution in [2.45, 2.75) is 46.2 Å². The Labute approximate surface area is 123 Å². The summed E-state index contributed by atoms with van der Waals surface area (Å²) in [4.78, 5) is 2.45. The molecule has 1 aromatic carbocycles. The maximum Gasteiger partial charge on any atom is 0.123 e. The molecule has 112 valence electrons. The SMILES string of the molecule is CC(C)(C)CC(N)CCN1CCOc2ccccc2C1. The number of hydrogen-bond acceptors (Lipinski definition) is 3. The van der Waals surface area contributed by atoms with Gasteiger partial charge >= 0.3 is 0 Å². The number of nitrogens with zero attached hydrogens (tertiary/aromatic N) is 1. The lowest BCUT2D eigenvalue weighted by molar-refractivity contribution is 0.213. The molecule has 0 bridgehead atoms. The zero-order valence-electron chi connectivity index (χ0n) is 13.1. The largest absolute Gasteiger partial charge is 0.492 e. The third-order valence-electron chi connectivity index (χ3n) is 3.72. The highest BCUT2D eigenvalue weighted by molar-refractivity contribution is 5.33. The molecule has 1 aliphatic rings. The molecule has 0 amide bonds. The van der Waals surface area contributed by atoms with Crippen molar-refractivity contribution < 1.29 is 4.74 Å². The molecule has 0 fully saturated rings. The van der Waals surface area contributed by atoms with Gasteiger partial charge in [0.2, 0.25) is 0 Å². The van der Waals surface area contributed by atoms with Crippen LogP contribution in [0.2, 0.25) is 0 Å². The zero-order chi connectivity index (χ0) is 14.6. The smallest absolute Gasteiger partial charge is 0.123 e. The summed E-state index contributed by atoms with van der Waals surface area (Å²) in [6.07, 6.45) is 2.13. The summed E-state index contributed by atoms with van der Waals surface area (Å²) < 4.78 is 5.79. The maximum absolute atomic E-state index is 6.25. The van der Waals surface area contributed by atoms with E-state index in [2.05, 4.69) is 43.9 Å². The van der Waals surface area contributed by atoms with Crippen LogP contribution in [0.15, 0.2) is 24.3 Å². The number of benzene rings is 1. The second-order valence-electron chi connectivity index (χ2n) is 7.05. The van der Waals surface area contributed by atoms with E-state index >= 15 is 0 Å². The van der Waals surface area contributed by atoms with Crippen LogP contribution in [0.5, 0.6) is 5.75 Å². The van der Waals surface area contributed by atoms with E-state index in [1.807, 2.05) is 6.07 Å². The molecule has 0 saturated carbocycles. The summed E-state index contributed by atoms with van der Waals surface area (Å²) >= 11 is 0. The first-order valence-electron chi connectivity index (χ1n) is 7.63. The lowest BCUT2D eigenvalue weighted by Gasteiger charge is -2.26. The van der Waals surface area contributed by atoms with Crippen molar-refractivity contribution in [3.8, 4) is 5.75 Å². The molecule has 1 heterocycles. The van der Waals surface area contributed by atoms with Crippen molar-refractivity contribution in [3.05, 3.63) is 29.8 Å². The highest BCUT2D eigenvalue weighted by Crippen LogP contribution is 2.24. The van der Waals surface area contributed by atoms with E-state index in [-0.39, 0.29) is 6.04 Å². The van der Waals surface area contributed by atoms with Crippen molar-refractivity contribution in [1.29, 1.82) is 0 Å². The fraction of sp³-hybridized carbons (Fsp3) is 0.647. The van der Waals surface area contributed by atoms with Gasteiger partial charge in [-0.25, -0.2) is 0 Å². The predicted octanol–water partition coefficient (Wildman–Crippen LogP) is 3.03. The van der Waals surface area contributed by atoms with Crippen LogP contribution in [0, 0.1) is 5.41 Å². The average molecular weight is 276 g/mol. The molecule has 1 aliphatic heterocycles. The van der Waals surface area contributed by atoms with Crippen molar-refractivity contribution in [3.63, 3.8) is 0 Å². The Kier molecular flexibility index (Phi) is 5.06. The number of rotatable bonds is 4. The Morgan fingerprint density at radius 1 is 1.30 bits per heavy atom. The molecule has 20 heavy (non-hydrogen) atoms. The van der Waals surface area contributed by atoms with Crippen LogP contribution in [0.4, 0.5) is 0 Å². The summed E-state index contributed by atoms with van der Waals surface area (Å²) in [6.45, 7) is 10.5. The first-order chi connectivity index (χ1) is 9.44. The Morgan fingerprint density at radius 2 is 2.05 bits per heavy atom. The fourth-order valence-corrected chi connectivity index (χ4v) is 2.81. The van der Waals surface area contributed by atoms with Crippen LogP contribution in [-0.2, 0) is 6.54 Å². The van der Waals surface area contributed by atoms with E-state index < -0.39 is 0 Å². The second-order valence-corrected chi connectivity index (χ2v) is 7.05. The minimum Gasteiger partial charge on any atom is -0.492 e. The van der Waals surface area contributed by atoms with Gasteiger partial charge in [-0.2, -0.15) is 0 Å². The molecule has 1 aromatic rings.